The number of carbonyl (C=O) groups is 1. The van der Waals surface area contributed by atoms with Crippen LogP contribution in [0.4, 0.5) is 0 Å². The fraction of sp³-hybridized carbons (Fsp3) is 0.727. The highest BCUT2D eigenvalue weighted by molar-refractivity contribution is 6.76. The van der Waals surface area contributed by atoms with E-state index in [1.807, 2.05) is 6.92 Å². The summed E-state index contributed by atoms with van der Waals surface area (Å²) in [6.45, 7) is 12.6. The standard InChI is InChI=1S/C11H22OSi/c1-6-10(7-2)11(12)8-9-13(3,4)5/h6,10H,1,7-9H2,2-5H3. The van der Waals surface area contributed by atoms with E-state index >= 15 is 0 Å². The van der Waals surface area contributed by atoms with Crippen LogP contribution in [-0.2, 0) is 4.79 Å². The summed E-state index contributed by atoms with van der Waals surface area (Å²) in [7, 11) is -1.05. The first kappa shape index (κ1) is 12.6. The average Bonchev–Trinajstić information content (AvgIpc) is 2.02. The first-order chi connectivity index (χ1) is 5.90. The smallest absolute Gasteiger partial charge is 0.139 e. The minimum atomic E-state index is -1.05. The van der Waals surface area contributed by atoms with Gasteiger partial charge in [0.15, 0.2) is 0 Å². The first-order valence-electron chi connectivity index (χ1n) is 5.06. The van der Waals surface area contributed by atoms with E-state index in [0.717, 1.165) is 18.9 Å². The molecule has 1 nitrogen and oxygen atoms in total. The molecule has 0 saturated carbocycles. The maximum Gasteiger partial charge on any atom is 0.139 e. The Morgan fingerprint density at radius 3 is 2.31 bits per heavy atom. The molecule has 2 heteroatoms. The lowest BCUT2D eigenvalue weighted by Gasteiger charge is -2.16. The lowest BCUT2D eigenvalue weighted by atomic mass is 10.00. The molecule has 0 aliphatic rings. The van der Waals surface area contributed by atoms with Crippen LogP contribution in [0.2, 0.25) is 25.7 Å². The van der Waals surface area contributed by atoms with Crippen LogP contribution in [0.25, 0.3) is 0 Å². The molecule has 0 rings (SSSR count). The van der Waals surface area contributed by atoms with Crippen molar-refractivity contribution in [1.82, 2.24) is 0 Å². The number of allylic oxidation sites excluding steroid dienone is 1. The van der Waals surface area contributed by atoms with E-state index in [4.69, 9.17) is 0 Å². The summed E-state index contributed by atoms with van der Waals surface area (Å²) in [6, 6.07) is 1.11. The highest BCUT2D eigenvalue weighted by Gasteiger charge is 2.18. The van der Waals surface area contributed by atoms with Crippen LogP contribution in [0.15, 0.2) is 12.7 Å². The zero-order valence-electron chi connectivity index (χ0n) is 9.39. The molecule has 0 aromatic rings. The van der Waals surface area contributed by atoms with Crippen LogP contribution in [0, 0.1) is 5.92 Å². The predicted molar refractivity (Wildman–Crippen MR) is 61.8 cm³/mol. The Hall–Kier alpha value is -0.373. The molecule has 0 aliphatic heterocycles. The third-order valence-corrected chi connectivity index (χ3v) is 4.01. The first-order valence-corrected chi connectivity index (χ1v) is 8.76. The van der Waals surface area contributed by atoms with Crippen molar-refractivity contribution in [2.75, 3.05) is 0 Å². The summed E-state index contributed by atoms with van der Waals surface area (Å²) >= 11 is 0. The van der Waals surface area contributed by atoms with E-state index in [9.17, 15) is 4.79 Å². The number of hydrogen-bond donors (Lipinski definition) is 0. The van der Waals surface area contributed by atoms with Crippen LogP contribution in [0.5, 0.6) is 0 Å². The summed E-state index contributed by atoms with van der Waals surface area (Å²) < 4.78 is 0. The Labute approximate surface area is 83.2 Å². The van der Waals surface area contributed by atoms with Crippen molar-refractivity contribution < 1.29 is 4.79 Å². The second-order valence-electron chi connectivity index (χ2n) is 4.78. The van der Waals surface area contributed by atoms with Gasteiger partial charge in [-0.25, -0.2) is 0 Å². The summed E-state index contributed by atoms with van der Waals surface area (Å²) in [5.74, 6) is 0.469. The molecule has 0 fully saturated rings. The lowest BCUT2D eigenvalue weighted by Crippen LogP contribution is -2.22. The topological polar surface area (TPSA) is 17.1 Å². The minimum Gasteiger partial charge on any atom is -0.299 e. The SMILES string of the molecule is C=CC(CC)C(=O)CC[Si](C)(C)C. The molecule has 0 heterocycles. The van der Waals surface area contributed by atoms with Gasteiger partial charge < -0.3 is 0 Å². The van der Waals surface area contributed by atoms with Crippen molar-refractivity contribution in [3.63, 3.8) is 0 Å². The van der Waals surface area contributed by atoms with Gasteiger partial charge in [0, 0.05) is 20.4 Å². The molecule has 0 spiro atoms. The lowest BCUT2D eigenvalue weighted by molar-refractivity contribution is -0.121. The van der Waals surface area contributed by atoms with Gasteiger partial charge in [-0.05, 0) is 6.42 Å². The quantitative estimate of drug-likeness (QED) is 0.471. The van der Waals surface area contributed by atoms with E-state index < -0.39 is 8.07 Å². The Kier molecular flexibility index (Phi) is 5.22. The minimum absolute atomic E-state index is 0.0938. The fourth-order valence-electron chi connectivity index (χ4n) is 1.21. The van der Waals surface area contributed by atoms with Crippen LogP contribution in [0.1, 0.15) is 19.8 Å². The Morgan fingerprint density at radius 1 is 1.46 bits per heavy atom. The molecule has 0 bridgehead atoms. The number of ketones is 1. The van der Waals surface area contributed by atoms with Gasteiger partial charge in [-0.1, -0.05) is 38.7 Å². The van der Waals surface area contributed by atoms with Gasteiger partial charge in [0.2, 0.25) is 0 Å². The van der Waals surface area contributed by atoms with Gasteiger partial charge in [0.05, 0.1) is 0 Å². The molecule has 13 heavy (non-hydrogen) atoms. The van der Waals surface area contributed by atoms with Gasteiger partial charge in [0.25, 0.3) is 0 Å². The van der Waals surface area contributed by atoms with Crippen LogP contribution in [0.3, 0.4) is 0 Å². The fourth-order valence-corrected chi connectivity index (χ4v) is 2.21. The van der Waals surface area contributed by atoms with Gasteiger partial charge >= 0.3 is 0 Å². The Bertz CT molecular complexity index is 179. The van der Waals surface area contributed by atoms with Crippen molar-refractivity contribution in [1.29, 1.82) is 0 Å². The van der Waals surface area contributed by atoms with Gasteiger partial charge in [-0.15, -0.1) is 6.58 Å². The van der Waals surface area contributed by atoms with Crippen LogP contribution >= 0.6 is 0 Å². The average molecular weight is 198 g/mol. The third-order valence-electron chi connectivity index (χ3n) is 2.26. The molecule has 76 valence electrons. The molecule has 0 radical (unpaired) electrons. The van der Waals surface area contributed by atoms with Crippen LogP contribution < -0.4 is 0 Å². The highest BCUT2D eigenvalue weighted by atomic mass is 28.3. The van der Waals surface area contributed by atoms with Gasteiger partial charge in [-0.3, -0.25) is 4.79 Å². The molecule has 0 N–H and O–H groups in total. The number of Topliss-reactive ketones (excluding diaryl/α,β-unsaturated/α-hetero) is 1. The largest absolute Gasteiger partial charge is 0.299 e. The number of hydrogen-bond acceptors (Lipinski definition) is 1. The highest BCUT2D eigenvalue weighted by Crippen LogP contribution is 2.16. The Morgan fingerprint density at radius 2 is 2.00 bits per heavy atom. The second kappa shape index (κ2) is 5.38. The maximum atomic E-state index is 11.6. The number of carbonyl (C=O) groups excluding carboxylic acids is 1. The van der Waals surface area contributed by atoms with Crippen molar-refractivity contribution in [3.8, 4) is 0 Å². The van der Waals surface area contributed by atoms with Crippen molar-refractivity contribution in [3.05, 3.63) is 12.7 Å². The summed E-state index contributed by atoms with van der Waals surface area (Å²) in [4.78, 5) is 11.6. The van der Waals surface area contributed by atoms with Crippen LogP contribution in [-0.4, -0.2) is 13.9 Å². The van der Waals surface area contributed by atoms with E-state index in [2.05, 4.69) is 26.2 Å². The third kappa shape index (κ3) is 5.80. The number of rotatable bonds is 6. The van der Waals surface area contributed by atoms with Crippen molar-refractivity contribution in [2.24, 2.45) is 5.92 Å². The van der Waals surface area contributed by atoms with E-state index in [0.29, 0.717) is 5.78 Å². The van der Waals surface area contributed by atoms with Gasteiger partial charge in [0.1, 0.15) is 5.78 Å². The molecule has 0 aromatic carbocycles. The molecule has 0 aromatic heterocycles. The van der Waals surface area contributed by atoms with E-state index in [1.165, 1.54) is 0 Å². The zero-order valence-corrected chi connectivity index (χ0v) is 10.4. The molecule has 1 unspecified atom stereocenters. The Balaban J connectivity index is 3.93. The van der Waals surface area contributed by atoms with E-state index in [-0.39, 0.29) is 5.92 Å². The van der Waals surface area contributed by atoms with Crippen molar-refractivity contribution >= 4 is 13.9 Å². The van der Waals surface area contributed by atoms with E-state index in [1.54, 1.807) is 6.08 Å². The monoisotopic (exact) mass is 198 g/mol. The molecule has 0 saturated heterocycles. The normalized spacial score (nSPS) is 13.8. The maximum absolute atomic E-state index is 11.6. The summed E-state index contributed by atoms with van der Waals surface area (Å²) in [5.41, 5.74) is 0. The molecular weight excluding hydrogens is 176 g/mol. The summed E-state index contributed by atoms with van der Waals surface area (Å²) in [6.07, 6.45) is 3.43. The predicted octanol–water partition coefficient (Wildman–Crippen LogP) is 3.50. The molecular formula is C11H22OSi. The summed E-state index contributed by atoms with van der Waals surface area (Å²) in [5, 5.41) is 0. The van der Waals surface area contributed by atoms with Crippen molar-refractivity contribution in [2.45, 2.75) is 45.5 Å². The van der Waals surface area contributed by atoms with Gasteiger partial charge in [-0.2, -0.15) is 0 Å². The second-order valence-corrected chi connectivity index (χ2v) is 10.4. The molecule has 0 aliphatic carbocycles. The molecule has 0 amide bonds. The zero-order chi connectivity index (χ0) is 10.5. The molecule has 1 atom stereocenters.